The summed E-state index contributed by atoms with van der Waals surface area (Å²) in [6.45, 7) is 5.95. The molecule has 1 unspecified atom stereocenters. The van der Waals surface area contributed by atoms with Crippen LogP contribution in [-0.4, -0.2) is 5.11 Å². The zero-order valence-corrected chi connectivity index (χ0v) is 12.8. The van der Waals surface area contributed by atoms with Crippen molar-refractivity contribution in [1.82, 2.24) is 0 Å². The van der Waals surface area contributed by atoms with Crippen LogP contribution in [0.15, 0.2) is 34.8 Å². The summed E-state index contributed by atoms with van der Waals surface area (Å²) in [5, 5.41) is 10.6. The number of aliphatic hydroxyl groups excluding tert-OH is 1. The van der Waals surface area contributed by atoms with Crippen LogP contribution in [0.25, 0.3) is 0 Å². The highest BCUT2D eigenvalue weighted by molar-refractivity contribution is 9.10. The van der Waals surface area contributed by atoms with Crippen LogP contribution in [0.1, 0.15) is 33.9 Å². The van der Waals surface area contributed by atoms with Crippen LogP contribution >= 0.6 is 15.9 Å². The molecule has 0 aliphatic heterocycles. The van der Waals surface area contributed by atoms with Gasteiger partial charge in [0.15, 0.2) is 0 Å². The van der Waals surface area contributed by atoms with Gasteiger partial charge in [0.1, 0.15) is 11.9 Å². The molecule has 1 nitrogen and oxygen atoms in total. The molecule has 3 heteroatoms. The van der Waals surface area contributed by atoms with Crippen LogP contribution < -0.4 is 0 Å². The Labute approximate surface area is 121 Å². The molecule has 0 radical (unpaired) electrons. The Morgan fingerprint density at radius 1 is 1.11 bits per heavy atom. The number of benzene rings is 2. The first-order chi connectivity index (χ1) is 8.91. The van der Waals surface area contributed by atoms with Gasteiger partial charge in [-0.15, -0.1) is 0 Å². The van der Waals surface area contributed by atoms with E-state index in [1.165, 1.54) is 6.07 Å². The highest BCUT2D eigenvalue weighted by atomic mass is 79.9. The first-order valence-electron chi connectivity index (χ1n) is 6.11. The van der Waals surface area contributed by atoms with E-state index in [1.807, 2.05) is 32.9 Å². The van der Waals surface area contributed by atoms with Crippen molar-refractivity contribution in [2.24, 2.45) is 0 Å². The Morgan fingerprint density at radius 3 is 2.26 bits per heavy atom. The molecule has 1 atom stereocenters. The van der Waals surface area contributed by atoms with Crippen molar-refractivity contribution in [2.75, 3.05) is 0 Å². The maximum absolute atomic E-state index is 13.6. The third-order valence-electron chi connectivity index (χ3n) is 3.29. The molecule has 0 bridgehead atoms. The van der Waals surface area contributed by atoms with E-state index in [1.54, 1.807) is 12.1 Å². The minimum absolute atomic E-state index is 0.321. The van der Waals surface area contributed by atoms with Crippen molar-refractivity contribution in [2.45, 2.75) is 26.9 Å². The van der Waals surface area contributed by atoms with Gasteiger partial charge in [0, 0.05) is 5.56 Å². The standard InChI is InChI=1S/C16H16BrFO/c1-9-7-10(2)14(11(3)8-9)16(19)12-5-4-6-13(18)15(12)17/h4-8,16,19H,1-3H3. The molecule has 0 amide bonds. The predicted octanol–water partition coefficient (Wildman–Crippen LogP) is 4.60. The summed E-state index contributed by atoms with van der Waals surface area (Å²) in [4.78, 5) is 0. The van der Waals surface area contributed by atoms with Gasteiger partial charge in [-0.1, -0.05) is 29.8 Å². The third kappa shape index (κ3) is 2.72. The Bertz CT molecular complexity index is 599. The average molecular weight is 323 g/mol. The molecule has 0 aliphatic carbocycles. The number of halogens is 2. The molecule has 2 rings (SSSR count). The second-order valence-corrected chi connectivity index (χ2v) is 5.65. The predicted molar refractivity (Wildman–Crippen MR) is 78.8 cm³/mol. The molecule has 0 saturated carbocycles. The van der Waals surface area contributed by atoms with E-state index in [0.29, 0.717) is 10.0 Å². The number of hydrogen-bond acceptors (Lipinski definition) is 1. The summed E-state index contributed by atoms with van der Waals surface area (Å²) in [5.74, 6) is -0.362. The molecule has 0 aromatic heterocycles. The largest absolute Gasteiger partial charge is 0.384 e. The Morgan fingerprint density at radius 2 is 1.68 bits per heavy atom. The summed E-state index contributed by atoms with van der Waals surface area (Å²) in [6, 6.07) is 8.76. The highest BCUT2D eigenvalue weighted by Gasteiger charge is 2.19. The van der Waals surface area contributed by atoms with Gasteiger partial charge in [-0.25, -0.2) is 4.39 Å². The Balaban J connectivity index is 2.56. The fourth-order valence-corrected chi connectivity index (χ4v) is 2.99. The number of rotatable bonds is 2. The molecule has 0 spiro atoms. The van der Waals surface area contributed by atoms with E-state index >= 15 is 0 Å². The minimum atomic E-state index is -0.828. The van der Waals surface area contributed by atoms with Crippen molar-refractivity contribution < 1.29 is 9.50 Å². The Hall–Kier alpha value is -1.19. The molecule has 19 heavy (non-hydrogen) atoms. The van der Waals surface area contributed by atoms with Crippen LogP contribution in [0.5, 0.6) is 0 Å². The maximum Gasteiger partial charge on any atom is 0.137 e. The van der Waals surface area contributed by atoms with E-state index in [0.717, 1.165) is 22.3 Å². The quantitative estimate of drug-likeness (QED) is 0.857. The molecule has 2 aromatic rings. The van der Waals surface area contributed by atoms with E-state index < -0.39 is 6.10 Å². The van der Waals surface area contributed by atoms with Crippen LogP contribution in [0.3, 0.4) is 0 Å². The van der Waals surface area contributed by atoms with Crippen LogP contribution in [0.4, 0.5) is 4.39 Å². The van der Waals surface area contributed by atoms with Crippen molar-refractivity contribution in [1.29, 1.82) is 0 Å². The lowest BCUT2D eigenvalue weighted by atomic mass is 9.92. The Kier molecular flexibility index (Phi) is 4.07. The van der Waals surface area contributed by atoms with E-state index in [4.69, 9.17) is 0 Å². The van der Waals surface area contributed by atoms with Gasteiger partial charge in [0.25, 0.3) is 0 Å². The lowest BCUT2D eigenvalue weighted by Gasteiger charge is -2.19. The van der Waals surface area contributed by atoms with Crippen LogP contribution in [0.2, 0.25) is 0 Å². The van der Waals surface area contributed by atoms with Gasteiger partial charge in [-0.3, -0.25) is 0 Å². The van der Waals surface area contributed by atoms with Crippen LogP contribution in [-0.2, 0) is 0 Å². The first kappa shape index (κ1) is 14.2. The molecule has 0 saturated heterocycles. The van der Waals surface area contributed by atoms with Gasteiger partial charge in [0.2, 0.25) is 0 Å². The summed E-state index contributed by atoms with van der Waals surface area (Å²) in [5.41, 5.74) is 4.58. The average Bonchev–Trinajstić information content (AvgIpc) is 2.31. The van der Waals surface area contributed by atoms with Crippen LogP contribution in [0, 0.1) is 26.6 Å². The fraction of sp³-hybridized carbons (Fsp3) is 0.250. The number of aliphatic hydroxyl groups is 1. The molecule has 0 heterocycles. The van der Waals surface area contributed by atoms with E-state index in [9.17, 15) is 9.50 Å². The van der Waals surface area contributed by atoms with Crippen molar-refractivity contribution in [3.05, 3.63) is 68.4 Å². The summed E-state index contributed by atoms with van der Waals surface area (Å²) in [6.07, 6.45) is -0.828. The molecule has 1 N–H and O–H groups in total. The monoisotopic (exact) mass is 322 g/mol. The maximum atomic E-state index is 13.6. The van der Waals surface area contributed by atoms with Crippen molar-refractivity contribution in [3.63, 3.8) is 0 Å². The summed E-state index contributed by atoms with van der Waals surface area (Å²) >= 11 is 3.21. The summed E-state index contributed by atoms with van der Waals surface area (Å²) < 4.78 is 13.9. The molecule has 2 aromatic carbocycles. The zero-order chi connectivity index (χ0) is 14.2. The molecular formula is C16H16BrFO. The number of hydrogen-bond donors (Lipinski definition) is 1. The first-order valence-corrected chi connectivity index (χ1v) is 6.91. The molecule has 100 valence electrons. The molecule has 0 fully saturated rings. The lowest BCUT2D eigenvalue weighted by Crippen LogP contribution is -2.06. The fourth-order valence-electron chi connectivity index (χ4n) is 2.51. The molecular weight excluding hydrogens is 307 g/mol. The van der Waals surface area contributed by atoms with Gasteiger partial charge < -0.3 is 5.11 Å². The number of aryl methyl sites for hydroxylation is 3. The van der Waals surface area contributed by atoms with Gasteiger partial charge >= 0.3 is 0 Å². The van der Waals surface area contributed by atoms with Crippen molar-refractivity contribution >= 4 is 15.9 Å². The normalized spacial score (nSPS) is 12.5. The topological polar surface area (TPSA) is 20.2 Å². The lowest BCUT2D eigenvalue weighted by molar-refractivity contribution is 0.217. The smallest absolute Gasteiger partial charge is 0.137 e. The van der Waals surface area contributed by atoms with Crippen molar-refractivity contribution in [3.8, 4) is 0 Å². The van der Waals surface area contributed by atoms with Gasteiger partial charge in [-0.05, 0) is 59.5 Å². The SMILES string of the molecule is Cc1cc(C)c(C(O)c2cccc(F)c2Br)c(C)c1. The second kappa shape index (κ2) is 5.43. The third-order valence-corrected chi connectivity index (χ3v) is 4.12. The minimum Gasteiger partial charge on any atom is -0.384 e. The summed E-state index contributed by atoms with van der Waals surface area (Å²) in [7, 11) is 0. The van der Waals surface area contributed by atoms with Gasteiger partial charge in [0.05, 0.1) is 4.47 Å². The van der Waals surface area contributed by atoms with Gasteiger partial charge in [-0.2, -0.15) is 0 Å². The van der Waals surface area contributed by atoms with E-state index in [2.05, 4.69) is 15.9 Å². The molecule has 0 aliphatic rings. The highest BCUT2D eigenvalue weighted by Crippen LogP contribution is 2.33. The van der Waals surface area contributed by atoms with E-state index in [-0.39, 0.29) is 5.82 Å². The second-order valence-electron chi connectivity index (χ2n) is 4.86. The zero-order valence-electron chi connectivity index (χ0n) is 11.2.